The van der Waals surface area contributed by atoms with Crippen molar-refractivity contribution < 1.29 is 54.6 Å². The minimum atomic E-state index is -2.38. The summed E-state index contributed by atoms with van der Waals surface area (Å²) in [4.78, 5) is 69.9. The number of aliphatic hydroxyl groups excluding tert-OH is 3. The van der Waals surface area contributed by atoms with Gasteiger partial charge in [0.15, 0.2) is 23.1 Å². The van der Waals surface area contributed by atoms with Crippen LogP contribution in [-0.4, -0.2) is 71.8 Å². The minimum Gasteiger partial charge on any atom is -0.507 e. The number of carbonyl (C=O) groups excluding carboxylic acids is 5. The summed E-state index contributed by atoms with van der Waals surface area (Å²) in [6.45, 7) is 2.94. The van der Waals surface area contributed by atoms with Crippen molar-refractivity contribution in [3.63, 3.8) is 0 Å². The first-order chi connectivity index (χ1) is 19.3. The highest BCUT2D eigenvalue weighted by Gasteiger charge is 2.77. The van der Waals surface area contributed by atoms with Crippen LogP contribution in [0.4, 0.5) is 0 Å². The van der Waals surface area contributed by atoms with Crippen LogP contribution in [0.25, 0.3) is 5.76 Å². The van der Waals surface area contributed by atoms with Crippen molar-refractivity contribution in [1.29, 1.82) is 0 Å². The lowest BCUT2D eigenvalue weighted by molar-refractivity contribution is -0.128. The molecular weight excluding hydrogens is 536 g/mol. The summed E-state index contributed by atoms with van der Waals surface area (Å²) in [5, 5.41) is 66.3. The molecule has 2 saturated carbocycles. The number of aliphatic hydroxyl groups is 3. The van der Waals surface area contributed by atoms with Gasteiger partial charge < -0.3 is 30.6 Å². The van der Waals surface area contributed by atoms with Crippen molar-refractivity contribution in [2.24, 2.45) is 23.2 Å². The monoisotopic (exact) mass is 558 g/mol. The molecule has 2 aromatic carbocycles. The molecule has 6 N–H and O–H groups in total. The second-order valence-electron chi connectivity index (χ2n) is 11.5. The molecule has 2 aromatic rings. The molecule has 6 atom stereocenters. The lowest BCUT2D eigenvalue weighted by atomic mass is 9.53. The zero-order valence-corrected chi connectivity index (χ0v) is 21.6. The first kappa shape index (κ1) is 25.4. The Hall–Kier alpha value is -4.61. The first-order valence-corrected chi connectivity index (χ1v) is 12.9. The van der Waals surface area contributed by atoms with E-state index in [4.69, 9.17) is 0 Å². The molecule has 11 heteroatoms. The van der Waals surface area contributed by atoms with Gasteiger partial charge in [0.25, 0.3) is 0 Å². The number of aryl methyl sites for hydroxylation is 2. The van der Waals surface area contributed by atoms with Crippen LogP contribution in [0.15, 0.2) is 34.9 Å². The molecule has 1 spiro atoms. The molecule has 0 aromatic heterocycles. The van der Waals surface area contributed by atoms with E-state index in [0.717, 1.165) is 6.07 Å². The number of hydrogen-bond donors (Lipinski definition) is 6. The van der Waals surface area contributed by atoms with E-state index in [-0.39, 0.29) is 16.7 Å². The molecule has 208 valence electrons. The van der Waals surface area contributed by atoms with E-state index in [0.29, 0.717) is 5.56 Å². The minimum absolute atomic E-state index is 0.0579. The number of Topliss-reactive ketones (excluding diaryl/α,β-unsaturated/α-hetero) is 5. The number of carbonyl (C=O) groups is 5. The number of fused-ring (bicyclic) bond motifs is 6. The number of allylic oxidation sites excluding steroid dienone is 2. The number of hydrogen-bond acceptors (Lipinski definition) is 11. The van der Waals surface area contributed by atoms with Gasteiger partial charge in [0.05, 0.1) is 51.4 Å². The van der Waals surface area contributed by atoms with E-state index in [1.54, 1.807) is 6.92 Å². The SMILES string of the molecule is Cc1cc(O)c2c(c1)C(=O)C13C(=C2O)C(=O)CC(O)C1C1C2=C(C(=O)c4c(O)cc(C)c(O)c4C2=O)C(=O)C3C1O. The van der Waals surface area contributed by atoms with Gasteiger partial charge in [-0.2, -0.15) is 0 Å². The maximum absolute atomic E-state index is 14.5. The van der Waals surface area contributed by atoms with Crippen molar-refractivity contribution >= 4 is 34.7 Å². The van der Waals surface area contributed by atoms with Crippen LogP contribution < -0.4 is 0 Å². The van der Waals surface area contributed by atoms with Gasteiger partial charge in [-0.05, 0) is 43.2 Å². The molecule has 5 aliphatic rings. The molecule has 0 heterocycles. The van der Waals surface area contributed by atoms with Crippen LogP contribution in [0.3, 0.4) is 0 Å². The highest BCUT2D eigenvalue weighted by atomic mass is 16.3. The Balaban J connectivity index is 1.57. The summed E-state index contributed by atoms with van der Waals surface area (Å²) in [5.41, 5.74) is -5.53. The maximum Gasteiger partial charge on any atom is 0.201 e. The van der Waals surface area contributed by atoms with Crippen LogP contribution in [0.5, 0.6) is 17.2 Å². The van der Waals surface area contributed by atoms with Crippen LogP contribution in [0.2, 0.25) is 0 Å². The molecular formula is C30H22O11. The van der Waals surface area contributed by atoms with Crippen molar-refractivity contribution in [3.8, 4) is 17.2 Å². The van der Waals surface area contributed by atoms with Gasteiger partial charge in [-0.25, -0.2) is 0 Å². The van der Waals surface area contributed by atoms with Crippen LogP contribution in [0, 0.1) is 37.0 Å². The standard InChI is InChI=1S/C30H22O11/c1-7-3-9-14(10(31)4-7)26(38)21-13(34)6-12(33)20-17-16-19(28(40)22(27(17)39)30(20,21)29(9)41)24(36)15-11(32)5-8(2)23(35)18(15)25(16)37/h3-5,12,17,20,22,27,31-33,35,38-39H,6H2,1-2H3. The van der Waals surface area contributed by atoms with E-state index < -0.39 is 122 Å². The van der Waals surface area contributed by atoms with E-state index in [9.17, 15) is 54.6 Å². The topological polar surface area (TPSA) is 207 Å². The van der Waals surface area contributed by atoms with E-state index in [1.807, 2.05) is 0 Å². The fourth-order valence-electron chi connectivity index (χ4n) is 8.14. The Morgan fingerprint density at radius 1 is 0.829 bits per heavy atom. The van der Waals surface area contributed by atoms with Gasteiger partial charge >= 0.3 is 0 Å². The van der Waals surface area contributed by atoms with Crippen LogP contribution >= 0.6 is 0 Å². The summed E-state index contributed by atoms with van der Waals surface area (Å²) in [6.07, 6.45) is -4.18. The molecule has 2 fully saturated rings. The molecule has 41 heavy (non-hydrogen) atoms. The van der Waals surface area contributed by atoms with Crippen LogP contribution in [0.1, 0.15) is 54.2 Å². The highest BCUT2D eigenvalue weighted by Crippen LogP contribution is 2.68. The molecule has 0 amide bonds. The Labute approximate surface area is 230 Å². The predicted molar refractivity (Wildman–Crippen MR) is 136 cm³/mol. The molecule has 5 aliphatic carbocycles. The van der Waals surface area contributed by atoms with Crippen molar-refractivity contribution in [2.45, 2.75) is 32.5 Å². The zero-order chi connectivity index (χ0) is 29.6. The van der Waals surface area contributed by atoms with E-state index in [2.05, 4.69) is 0 Å². The Morgan fingerprint density at radius 3 is 2.17 bits per heavy atom. The summed E-state index contributed by atoms with van der Waals surface area (Å²) in [7, 11) is 0. The smallest absolute Gasteiger partial charge is 0.201 e. The van der Waals surface area contributed by atoms with Gasteiger partial charge in [0, 0.05) is 29.4 Å². The molecule has 0 saturated heterocycles. The third-order valence-electron chi connectivity index (χ3n) is 9.50. The van der Waals surface area contributed by atoms with Crippen molar-refractivity contribution in [3.05, 3.63) is 68.3 Å². The Bertz CT molecular complexity index is 1830. The van der Waals surface area contributed by atoms with Crippen molar-refractivity contribution in [2.75, 3.05) is 0 Å². The lowest BCUT2D eigenvalue weighted by Gasteiger charge is -2.47. The molecule has 0 radical (unpaired) electrons. The Morgan fingerprint density at radius 2 is 1.49 bits per heavy atom. The fourth-order valence-corrected chi connectivity index (χ4v) is 8.14. The largest absolute Gasteiger partial charge is 0.507 e. The highest BCUT2D eigenvalue weighted by molar-refractivity contribution is 6.40. The summed E-state index contributed by atoms with van der Waals surface area (Å²) in [5.74, 6) is -12.7. The maximum atomic E-state index is 14.5. The number of ketones is 5. The van der Waals surface area contributed by atoms with Gasteiger partial charge in [-0.3, -0.25) is 24.0 Å². The zero-order valence-electron chi connectivity index (χ0n) is 21.6. The summed E-state index contributed by atoms with van der Waals surface area (Å²) in [6, 6.07) is 3.65. The van der Waals surface area contributed by atoms with Gasteiger partial charge in [0.2, 0.25) is 5.78 Å². The fraction of sp³-hybridized carbons (Fsp3) is 0.300. The molecule has 0 aliphatic heterocycles. The molecule has 11 nitrogen and oxygen atoms in total. The van der Waals surface area contributed by atoms with Crippen molar-refractivity contribution in [1.82, 2.24) is 0 Å². The van der Waals surface area contributed by atoms with Gasteiger partial charge in [-0.15, -0.1) is 0 Å². The summed E-state index contributed by atoms with van der Waals surface area (Å²) >= 11 is 0. The molecule has 2 bridgehead atoms. The Kier molecular flexibility index (Phi) is 4.68. The average Bonchev–Trinajstić information content (AvgIpc) is 3.08. The van der Waals surface area contributed by atoms with E-state index in [1.165, 1.54) is 19.1 Å². The average molecular weight is 558 g/mol. The predicted octanol–water partition coefficient (Wildman–Crippen LogP) is 1.39. The third-order valence-corrected chi connectivity index (χ3v) is 9.50. The second kappa shape index (κ2) is 7.56. The first-order valence-electron chi connectivity index (χ1n) is 12.9. The lowest BCUT2D eigenvalue weighted by Crippen LogP contribution is -2.56. The van der Waals surface area contributed by atoms with Gasteiger partial charge in [-0.1, -0.05) is 0 Å². The molecule has 7 rings (SSSR count). The van der Waals surface area contributed by atoms with Gasteiger partial charge in [0.1, 0.15) is 23.0 Å². The number of aromatic hydroxyl groups is 3. The summed E-state index contributed by atoms with van der Waals surface area (Å²) < 4.78 is 0. The quantitative estimate of drug-likeness (QED) is 0.201. The number of phenolic OH excluding ortho intramolecular Hbond substituents is 3. The number of benzene rings is 2. The van der Waals surface area contributed by atoms with E-state index >= 15 is 0 Å². The third kappa shape index (κ3) is 2.59. The van der Waals surface area contributed by atoms with Crippen LogP contribution in [-0.2, 0) is 9.59 Å². The number of rotatable bonds is 0. The normalized spacial score (nSPS) is 31.6. The number of phenols is 3. The second-order valence-corrected chi connectivity index (χ2v) is 11.5. The molecule has 6 unspecified atom stereocenters.